The highest BCUT2D eigenvalue weighted by Gasteiger charge is 2.24. The van der Waals surface area contributed by atoms with Gasteiger partial charge in [-0.1, -0.05) is 47.7 Å². The minimum atomic E-state index is -0.301. The van der Waals surface area contributed by atoms with E-state index in [1.165, 1.54) is 21.9 Å². The zero-order chi connectivity index (χ0) is 19.5. The SMILES string of the molecule is CN1Cc2ccccc2CC1CNC(=O)c1cn(Cc2ccccc2F)nn1. The maximum Gasteiger partial charge on any atom is 0.273 e. The first-order valence-corrected chi connectivity index (χ1v) is 9.29. The number of nitrogens with zero attached hydrogens (tertiary/aromatic N) is 4. The number of benzene rings is 2. The van der Waals surface area contributed by atoms with E-state index in [0.717, 1.165) is 13.0 Å². The lowest BCUT2D eigenvalue weighted by Crippen LogP contribution is -2.45. The number of likely N-dealkylation sites (N-methyl/N-ethyl adjacent to an activating group) is 1. The molecular formula is C21H22FN5O. The van der Waals surface area contributed by atoms with Crippen LogP contribution in [0.1, 0.15) is 27.2 Å². The summed E-state index contributed by atoms with van der Waals surface area (Å²) in [4.78, 5) is 14.7. The summed E-state index contributed by atoms with van der Waals surface area (Å²) >= 11 is 0. The molecule has 1 atom stereocenters. The second-order valence-corrected chi connectivity index (χ2v) is 7.14. The lowest BCUT2D eigenvalue weighted by molar-refractivity contribution is 0.0929. The molecule has 7 heteroatoms. The van der Waals surface area contributed by atoms with Gasteiger partial charge in [-0.3, -0.25) is 9.69 Å². The van der Waals surface area contributed by atoms with Crippen molar-refractivity contribution in [1.82, 2.24) is 25.2 Å². The molecule has 0 saturated heterocycles. The molecule has 4 rings (SSSR count). The maximum atomic E-state index is 13.8. The van der Waals surface area contributed by atoms with Crippen LogP contribution in [0.25, 0.3) is 0 Å². The van der Waals surface area contributed by atoms with E-state index < -0.39 is 0 Å². The molecule has 3 aromatic rings. The van der Waals surface area contributed by atoms with Crippen LogP contribution < -0.4 is 5.32 Å². The summed E-state index contributed by atoms with van der Waals surface area (Å²) in [6.45, 7) is 1.63. The predicted octanol–water partition coefficient (Wildman–Crippen LogP) is 2.25. The van der Waals surface area contributed by atoms with Crippen LogP contribution in [-0.2, 0) is 19.5 Å². The molecule has 1 unspecified atom stereocenters. The Morgan fingerprint density at radius 3 is 2.75 bits per heavy atom. The molecule has 28 heavy (non-hydrogen) atoms. The monoisotopic (exact) mass is 379 g/mol. The summed E-state index contributed by atoms with van der Waals surface area (Å²) in [5.74, 6) is -0.573. The summed E-state index contributed by atoms with van der Waals surface area (Å²) < 4.78 is 15.2. The fourth-order valence-electron chi connectivity index (χ4n) is 3.53. The Morgan fingerprint density at radius 1 is 1.18 bits per heavy atom. The summed E-state index contributed by atoms with van der Waals surface area (Å²) in [5.41, 5.74) is 3.40. The number of nitrogens with one attached hydrogen (secondary N) is 1. The standard InChI is InChI=1S/C21H22FN5O/c1-26-12-16-7-3-2-6-15(16)10-18(26)11-23-21(28)20-14-27(25-24-20)13-17-8-4-5-9-19(17)22/h2-9,14,18H,10-13H2,1H3,(H,23,28). The Labute approximate surface area is 163 Å². The molecule has 144 valence electrons. The number of halogens is 1. The van der Waals surface area contributed by atoms with Gasteiger partial charge in [0.05, 0.1) is 12.7 Å². The van der Waals surface area contributed by atoms with Crippen LogP contribution in [0.15, 0.2) is 54.7 Å². The number of rotatable bonds is 5. The summed E-state index contributed by atoms with van der Waals surface area (Å²) in [7, 11) is 2.07. The van der Waals surface area contributed by atoms with Crippen LogP contribution in [-0.4, -0.2) is 45.4 Å². The van der Waals surface area contributed by atoms with E-state index in [4.69, 9.17) is 0 Å². The van der Waals surface area contributed by atoms with E-state index in [0.29, 0.717) is 12.1 Å². The van der Waals surface area contributed by atoms with Crippen molar-refractivity contribution in [3.8, 4) is 0 Å². The number of aromatic nitrogens is 3. The van der Waals surface area contributed by atoms with E-state index in [2.05, 4.69) is 45.8 Å². The number of fused-ring (bicyclic) bond motifs is 1. The van der Waals surface area contributed by atoms with Crippen LogP contribution in [0, 0.1) is 5.82 Å². The molecule has 0 radical (unpaired) electrons. The first kappa shape index (κ1) is 18.3. The van der Waals surface area contributed by atoms with Gasteiger partial charge >= 0.3 is 0 Å². The van der Waals surface area contributed by atoms with Gasteiger partial charge < -0.3 is 5.32 Å². The Kier molecular flexibility index (Phi) is 5.16. The molecule has 0 spiro atoms. The zero-order valence-electron chi connectivity index (χ0n) is 15.7. The molecule has 2 aromatic carbocycles. The van der Waals surface area contributed by atoms with Gasteiger partial charge in [0.1, 0.15) is 5.82 Å². The lowest BCUT2D eigenvalue weighted by Gasteiger charge is -2.34. The van der Waals surface area contributed by atoms with Gasteiger partial charge in [0.2, 0.25) is 0 Å². The highest BCUT2D eigenvalue weighted by Crippen LogP contribution is 2.21. The Morgan fingerprint density at radius 2 is 1.93 bits per heavy atom. The van der Waals surface area contributed by atoms with Crippen LogP contribution in [0.3, 0.4) is 0 Å². The Hall–Kier alpha value is -3.06. The molecule has 6 nitrogen and oxygen atoms in total. The van der Waals surface area contributed by atoms with Crippen molar-refractivity contribution in [2.45, 2.75) is 25.6 Å². The molecule has 1 amide bonds. The number of hydrogen-bond acceptors (Lipinski definition) is 4. The molecule has 1 aromatic heterocycles. The van der Waals surface area contributed by atoms with E-state index in [9.17, 15) is 9.18 Å². The van der Waals surface area contributed by atoms with Crippen molar-refractivity contribution in [2.75, 3.05) is 13.6 Å². The Bertz CT molecular complexity index is 986. The first-order valence-electron chi connectivity index (χ1n) is 9.29. The number of amides is 1. The average Bonchev–Trinajstić information content (AvgIpc) is 3.16. The normalized spacial score (nSPS) is 16.6. The van der Waals surface area contributed by atoms with Gasteiger partial charge in [-0.2, -0.15) is 0 Å². The van der Waals surface area contributed by atoms with Gasteiger partial charge in [-0.25, -0.2) is 9.07 Å². The molecule has 1 aliphatic heterocycles. The highest BCUT2D eigenvalue weighted by atomic mass is 19.1. The van der Waals surface area contributed by atoms with Crippen molar-refractivity contribution < 1.29 is 9.18 Å². The van der Waals surface area contributed by atoms with E-state index in [-0.39, 0.29) is 30.0 Å². The third kappa shape index (κ3) is 3.94. The molecule has 0 fully saturated rings. The van der Waals surface area contributed by atoms with Crippen LogP contribution in [0.2, 0.25) is 0 Å². The third-order valence-corrected chi connectivity index (χ3v) is 5.18. The predicted molar refractivity (Wildman–Crippen MR) is 103 cm³/mol. The molecule has 1 N–H and O–H groups in total. The number of carbonyl (C=O) groups excluding carboxylic acids is 1. The minimum Gasteiger partial charge on any atom is -0.349 e. The van der Waals surface area contributed by atoms with Gasteiger partial charge in [0, 0.05) is 24.7 Å². The fraction of sp³-hybridized carbons (Fsp3) is 0.286. The highest BCUT2D eigenvalue weighted by molar-refractivity contribution is 5.91. The molecule has 0 aliphatic carbocycles. The van der Waals surface area contributed by atoms with Crippen molar-refractivity contribution in [2.24, 2.45) is 0 Å². The lowest BCUT2D eigenvalue weighted by atomic mass is 9.94. The number of hydrogen-bond donors (Lipinski definition) is 1. The van der Waals surface area contributed by atoms with Crippen molar-refractivity contribution in [1.29, 1.82) is 0 Å². The van der Waals surface area contributed by atoms with E-state index in [1.807, 2.05) is 6.07 Å². The maximum absolute atomic E-state index is 13.8. The third-order valence-electron chi connectivity index (χ3n) is 5.18. The van der Waals surface area contributed by atoms with Crippen molar-refractivity contribution in [3.05, 3.63) is 82.9 Å². The molecule has 0 saturated carbocycles. The van der Waals surface area contributed by atoms with Crippen LogP contribution in [0.4, 0.5) is 4.39 Å². The summed E-state index contributed by atoms with van der Waals surface area (Å²) in [6.07, 6.45) is 2.44. The fourth-order valence-corrected chi connectivity index (χ4v) is 3.53. The molecule has 0 bridgehead atoms. The second-order valence-electron chi connectivity index (χ2n) is 7.14. The first-order chi connectivity index (χ1) is 13.6. The Balaban J connectivity index is 1.36. The smallest absolute Gasteiger partial charge is 0.273 e. The van der Waals surface area contributed by atoms with Crippen molar-refractivity contribution in [3.63, 3.8) is 0 Å². The topological polar surface area (TPSA) is 63.1 Å². The molecule has 1 aliphatic rings. The second kappa shape index (κ2) is 7.90. The van der Waals surface area contributed by atoms with E-state index in [1.54, 1.807) is 24.4 Å². The molecule has 2 heterocycles. The van der Waals surface area contributed by atoms with Crippen LogP contribution >= 0.6 is 0 Å². The van der Waals surface area contributed by atoms with Crippen LogP contribution in [0.5, 0.6) is 0 Å². The molecular weight excluding hydrogens is 357 g/mol. The van der Waals surface area contributed by atoms with Gasteiger partial charge in [-0.05, 0) is 30.7 Å². The van der Waals surface area contributed by atoms with Gasteiger partial charge in [-0.15, -0.1) is 5.10 Å². The summed E-state index contributed by atoms with van der Waals surface area (Å²) in [6, 6.07) is 15.1. The van der Waals surface area contributed by atoms with Gasteiger partial charge in [0.25, 0.3) is 5.91 Å². The summed E-state index contributed by atoms with van der Waals surface area (Å²) in [5, 5.41) is 10.8. The average molecular weight is 379 g/mol. The van der Waals surface area contributed by atoms with Gasteiger partial charge in [0.15, 0.2) is 5.69 Å². The number of carbonyl (C=O) groups is 1. The quantitative estimate of drug-likeness (QED) is 0.739. The van der Waals surface area contributed by atoms with Crippen molar-refractivity contribution >= 4 is 5.91 Å². The van der Waals surface area contributed by atoms with E-state index >= 15 is 0 Å². The largest absolute Gasteiger partial charge is 0.349 e. The zero-order valence-corrected chi connectivity index (χ0v) is 15.7. The minimum absolute atomic E-state index is 0.229.